The van der Waals surface area contributed by atoms with E-state index in [0.29, 0.717) is 19.5 Å². The Bertz CT molecular complexity index is 497. The van der Waals surface area contributed by atoms with Crippen molar-refractivity contribution < 1.29 is 4.39 Å². The molecule has 5 nitrogen and oxygen atoms in total. The number of benzene rings is 1. The third kappa shape index (κ3) is 3.33. The molecular weight excluding hydrogens is 233 g/mol. The van der Waals surface area contributed by atoms with Crippen LogP contribution in [0.1, 0.15) is 18.3 Å². The Labute approximate surface area is 105 Å². The molecule has 2 rings (SSSR count). The van der Waals surface area contributed by atoms with Gasteiger partial charge in [-0.1, -0.05) is 19.1 Å². The first kappa shape index (κ1) is 12.6. The predicted octanol–water partition coefficient (Wildman–Crippen LogP) is 1.16. The van der Waals surface area contributed by atoms with Gasteiger partial charge in [-0.25, -0.2) is 9.07 Å². The van der Waals surface area contributed by atoms with Crippen LogP contribution in [0.2, 0.25) is 0 Å². The van der Waals surface area contributed by atoms with E-state index in [1.54, 1.807) is 10.7 Å². The fourth-order valence-electron chi connectivity index (χ4n) is 1.69. The number of nitrogens with one attached hydrogen (secondary N) is 1. The van der Waals surface area contributed by atoms with Gasteiger partial charge in [-0.05, 0) is 41.1 Å². The van der Waals surface area contributed by atoms with E-state index in [1.807, 2.05) is 13.0 Å². The molecule has 0 radical (unpaired) electrons. The van der Waals surface area contributed by atoms with Gasteiger partial charge in [-0.15, -0.1) is 5.10 Å². The van der Waals surface area contributed by atoms with Crippen molar-refractivity contribution in [1.82, 2.24) is 25.5 Å². The van der Waals surface area contributed by atoms with Crippen LogP contribution >= 0.6 is 0 Å². The van der Waals surface area contributed by atoms with Crippen molar-refractivity contribution in [1.29, 1.82) is 0 Å². The second-order valence-corrected chi connectivity index (χ2v) is 3.98. The van der Waals surface area contributed by atoms with Gasteiger partial charge in [-0.3, -0.25) is 0 Å². The summed E-state index contributed by atoms with van der Waals surface area (Å²) < 4.78 is 14.8. The molecule has 0 aliphatic heterocycles. The van der Waals surface area contributed by atoms with E-state index in [1.165, 1.54) is 12.1 Å². The number of nitrogens with zero attached hydrogens (tertiary/aromatic N) is 4. The van der Waals surface area contributed by atoms with Gasteiger partial charge in [0, 0.05) is 6.54 Å². The third-order valence-electron chi connectivity index (χ3n) is 2.64. The SMILES string of the molecule is CCNCc1nnnn1CCc1cccc(F)c1. The van der Waals surface area contributed by atoms with Gasteiger partial charge < -0.3 is 5.32 Å². The van der Waals surface area contributed by atoms with E-state index < -0.39 is 0 Å². The van der Waals surface area contributed by atoms with Gasteiger partial charge in [0.15, 0.2) is 5.82 Å². The molecule has 0 amide bonds. The lowest BCUT2D eigenvalue weighted by molar-refractivity contribution is 0.544. The van der Waals surface area contributed by atoms with Crippen molar-refractivity contribution >= 4 is 0 Å². The molecule has 0 saturated heterocycles. The quantitative estimate of drug-likeness (QED) is 0.834. The van der Waals surface area contributed by atoms with Crippen LogP contribution in [-0.4, -0.2) is 26.8 Å². The van der Waals surface area contributed by atoms with Gasteiger partial charge in [0.05, 0.1) is 6.54 Å². The standard InChI is InChI=1S/C12H16FN5/c1-2-14-9-12-15-16-17-18(12)7-6-10-4-3-5-11(13)8-10/h3-5,8,14H,2,6-7,9H2,1H3. The molecule has 0 fully saturated rings. The van der Waals surface area contributed by atoms with E-state index in [9.17, 15) is 4.39 Å². The van der Waals surface area contributed by atoms with Gasteiger partial charge in [-0.2, -0.15) is 0 Å². The summed E-state index contributed by atoms with van der Waals surface area (Å²) in [5, 5.41) is 14.7. The Hall–Kier alpha value is -1.82. The average Bonchev–Trinajstić information content (AvgIpc) is 2.81. The van der Waals surface area contributed by atoms with Crippen LogP contribution in [0.4, 0.5) is 4.39 Å². The number of aryl methyl sites for hydroxylation is 2. The maximum Gasteiger partial charge on any atom is 0.165 e. The van der Waals surface area contributed by atoms with Crippen molar-refractivity contribution in [2.45, 2.75) is 26.4 Å². The average molecular weight is 249 g/mol. The van der Waals surface area contributed by atoms with E-state index in [4.69, 9.17) is 0 Å². The predicted molar refractivity (Wildman–Crippen MR) is 65.3 cm³/mol. The van der Waals surface area contributed by atoms with Crippen molar-refractivity contribution in [3.05, 3.63) is 41.5 Å². The Morgan fingerprint density at radius 1 is 1.39 bits per heavy atom. The van der Waals surface area contributed by atoms with Crippen LogP contribution < -0.4 is 5.32 Å². The third-order valence-corrected chi connectivity index (χ3v) is 2.64. The summed E-state index contributed by atoms with van der Waals surface area (Å²) in [6.07, 6.45) is 0.710. The summed E-state index contributed by atoms with van der Waals surface area (Å²) in [5.41, 5.74) is 0.944. The highest BCUT2D eigenvalue weighted by Gasteiger charge is 2.05. The normalized spacial score (nSPS) is 10.8. The van der Waals surface area contributed by atoms with Crippen LogP contribution in [0.15, 0.2) is 24.3 Å². The van der Waals surface area contributed by atoms with Crippen LogP contribution in [0.5, 0.6) is 0 Å². The minimum atomic E-state index is -0.211. The maximum atomic E-state index is 13.0. The minimum Gasteiger partial charge on any atom is -0.310 e. The van der Waals surface area contributed by atoms with Crippen LogP contribution in [0.25, 0.3) is 0 Å². The largest absolute Gasteiger partial charge is 0.310 e. The van der Waals surface area contributed by atoms with Crippen molar-refractivity contribution in [2.75, 3.05) is 6.54 Å². The number of aromatic nitrogens is 4. The summed E-state index contributed by atoms with van der Waals surface area (Å²) in [5.74, 6) is 0.588. The molecule has 1 N–H and O–H groups in total. The van der Waals surface area contributed by atoms with Crippen molar-refractivity contribution in [3.63, 3.8) is 0 Å². The molecule has 1 heterocycles. The molecule has 1 aromatic heterocycles. The topological polar surface area (TPSA) is 55.6 Å². The monoisotopic (exact) mass is 249 g/mol. The zero-order valence-electron chi connectivity index (χ0n) is 10.3. The van der Waals surface area contributed by atoms with Gasteiger partial charge in [0.25, 0.3) is 0 Å². The minimum absolute atomic E-state index is 0.211. The van der Waals surface area contributed by atoms with Crippen molar-refractivity contribution in [2.24, 2.45) is 0 Å². The first-order valence-electron chi connectivity index (χ1n) is 6.00. The highest BCUT2D eigenvalue weighted by atomic mass is 19.1. The second-order valence-electron chi connectivity index (χ2n) is 3.98. The lowest BCUT2D eigenvalue weighted by Gasteiger charge is -2.05. The molecule has 0 atom stereocenters. The number of rotatable bonds is 6. The maximum absolute atomic E-state index is 13.0. The molecule has 0 saturated carbocycles. The van der Waals surface area contributed by atoms with Gasteiger partial charge in [0.2, 0.25) is 0 Å². The molecule has 0 bridgehead atoms. The van der Waals surface area contributed by atoms with E-state index >= 15 is 0 Å². The van der Waals surface area contributed by atoms with E-state index in [2.05, 4.69) is 20.8 Å². The highest BCUT2D eigenvalue weighted by molar-refractivity contribution is 5.16. The zero-order chi connectivity index (χ0) is 12.8. The molecule has 18 heavy (non-hydrogen) atoms. The van der Waals surface area contributed by atoms with E-state index in [0.717, 1.165) is 17.9 Å². The molecule has 0 aliphatic rings. The molecular formula is C12H16FN5. The number of halogens is 1. The highest BCUT2D eigenvalue weighted by Crippen LogP contribution is 2.05. The van der Waals surface area contributed by atoms with Crippen molar-refractivity contribution in [3.8, 4) is 0 Å². The van der Waals surface area contributed by atoms with Crippen LogP contribution in [0, 0.1) is 5.82 Å². The van der Waals surface area contributed by atoms with Gasteiger partial charge >= 0.3 is 0 Å². The molecule has 0 aliphatic carbocycles. The summed E-state index contributed by atoms with van der Waals surface area (Å²) in [7, 11) is 0. The number of hydrogen-bond acceptors (Lipinski definition) is 4. The molecule has 2 aromatic rings. The lowest BCUT2D eigenvalue weighted by Crippen LogP contribution is -2.17. The molecule has 6 heteroatoms. The molecule has 0 spiro atoms. The summed E-state index contributed by atoms with van der Waals surface area (Å²) in [6, 6.07) is 6.59. The summed E-state index contributed by atoms with van der Waals surface area (Å²) in [4.78, 5) is 0. The number of hydrogen-bond donors (Lipinski definition) is 1. The Morgan fingerprint density at radius 2 is 2.28 bits per heavy atom. The smallest absolute Gasteiger partial charge is 0.165 e. The zero-order valence-corrected chi connectivity index (χ0v) is 10.3. The van der Waals surface area contributed by atoms with Gasteiger partial charge in [0.1, 0.15) is 5.82 Å². The second kappa shape index (κ2) is 6.20. The Kier molecular flexibility index (Phi) is 4.35. The lowest BCUT2D eigenvalue weighted by atomic mass is 10.1. The fourth-order valence-corrected chi connectivity index (χ4v) is 1.69. The molecule has 96 valence electrons. The van der Waals surface area contributed by atoms with E-state index in [-0.39, 0.29) is 5.82 Å². The van der Waals surface area contributed by atoms with Crippen LogP contribution in [-0.2, 0) is 19.5 Å². The first-order valence-corrected chi connectivity index (χ1v) is 6.00. The van der Waals surface area contributed by atoms with Crippen LogP contribution in [0.3, 0.4) is 0 Å². The number of tetrazole rings is 1. The first-order chi connectivity index (χ1) is 8.79. The molecule has 1 aromatic carbocycles. The fraction of sp³-hybridized carbons (Fsp3) is 0.417. The summed E-state index contributed by atoms with van der Waals surface area (Å²) in [6.45, 7) is 4.20. The Balaban J connectivity index is 1.95. The summed E-state index contributed by atoms with van der Waals surface area (Å²) >= 11 is 0. The molecule has 0 unspecified atom stereocenters. The Morgan fingerprint density at radius 3 is 3.06 bits per heavy atom.